The molecule has 3 amide bonds. The third-order valence-corrected chi connectivity index (χ3v) is 12.7. The summed E-state index contributed by atoms with van der Waals surface area (Å²) in [6, 6.07) is 8.51. The molecule has 0 atom stereocenters. The van der Waals surface area contributed by atoms with Crippen LogP contribution in [0.3, 0.4) is 0 Å². The summed E-state index contributed by atoms with van der Waals surface area (Å²) in [4.78, 5) is 200. The molecular formula is C70H104Br4Cl2F4N15O31P. The van der Waals surface area contributed by atoms with Gasteiger partial charge in [0.25, 0.3) is 20.3 Å². The molecule has 12 N–H and O–H groups in total. The number of alkyl halides is 4. The van der Waals surface area contributed by atoms with Gasteiger partial charge in [0.2, 0.25) is 0 Å². The van der Waals surface area contributed by atoms with Gasteiger partial charge in [0, 0.05) is 138 Å². The van der Waals surface area contributed by atoms with Crippen molar-refractivity contribution in [2.24, 2.45) is 17.2 Å². The molecule has 0 bridgehead atoms. The number of ether oxygens (including phenoxy) is 12. The Balaban J connectivity index is -0.000000257. The van der Waals surface area contributed by atoms with E-state index in [9.17, 15) is 98.8 Å². The second-order valence-electron chi connectivity index (χ2n) is 21.3. The van der Waals surface area contributed by atoms with Crippen molar-refractivity contribution in [3.8, 4) is 0 Å². The molecule has 0 radical (unpaired) electrons. The minimum absolute atomic E-state index is 0. The lowest BCUT2D eigenvalue weighted by atomic mass is 10.2. The molecule has 5 heterocycles. The predicted octanol–water partition coefficient (Wildman–Crippen LogP) is 3.01. The molecule has 0 fully saturated rings. The van der Waals surface area contributed by atoms with Gasteiger partial charge in [-0.25, -0.2) is 19.6 Å². The van der Waals surface area contributed by atoms with Crippen LogP contribution in [0.1, 0.15) is 73.7 Å². The number of aromatic nitrogens is 8. The van der Waals surface area contributed by atoms with E-state index >= 15 is 0 Å². The first-order valence-electron chi connectivity index (χ1n) is 35.9. The van der Waals surface area contributed by atoms with Gasteiger partial charge in [0.1, 0.15) is 44.1 Å². The highest BCUT2D eigenvalue weighted by molar-refractivity contribution is 9.94. The molecule has 0 aliphatic rings. The zero-order valence-electron chi connectivity index (χ0n) is 70.8. The number of carboxylic acid groups (broad SMARTS) is 1. The third kappa shape index (κ3) is 72.7. The maximum Gasteiger partial charge on any atom is 0.396 e. The van der Waals surface area contributed by atoms with Gasteiger partial charge in [-0.3, -0.25) is 95.6 Å². The molecule has 127 heavy (non-hydrogen) atoms. The average molecular weight is 2150 g/mol. The minimum Gasteiger partial charge on any atom is -0.481 e. The first-order valence-corrected chi connectivity index (χ1v) is 44.8. The number of nitrogens with zero attached hydrogens (tertiary/aromatic N) is 7. The zero-order valence-corrected chi connectivity index (χ0v) is 79.6. The molecule has 5 aromatic rings. The Labute approximate surface area is 767 Å². The van der Waals surface area contributed by atoms with E-state index in [0.29, 0.717) is 19.8 Å². The molecule has 57 heteroatoms. The lowest BCUT2D eigenvalue weighted by Crippen LogP contribution is -2.44. The number of rotatable bonds is 33. The van der Waals surface area contributed by atoms with E-state index in [1.165, 1.54) is 98.7 Å². The second kappa shape index (κ2) is 79.4. The fourth-order valence-electron chi connectivity index (χ4n) is 6.70. The summed E-state index contributed by atoms with van der Waals surface area (Å²) in [5.74, 6) is -15.3. The van der Waals surface area contributed by atoms with Crippen molar-refractivity contribution in [1.82, 2.24) is 54.6 Å². The summed E-state index contributed by atoms with van der Waals surface area (Å²) in [7, 11) is 5.92. The number of anilines is 1. The first kappa shape index (κ1) is 130. The highest BCUT2D eigenvalue weighted by Gasteiger charge is 2.34. The van der Waals surface area contributed by atoms with Crippen molar-refractivity contribution in [2.45, 2.75) is 106 Å². The number of nitrogens with two attached hydrogens (primary N) is 3. The monoisotopic (exact) mass is 2140 g/mol. The van der Waals surface area contributed by atoms with Crippen LogP contribution < -0.4 is 60.7 Å². The number of aromatic amines is 1. The van der Waals surface area contributed by atoms with E-state index in [-0.39, 0.29) is 132 Å². The summed E-state index contributed by atoms with van der Waals surface area (Å²) in [5, 5.41) is 15.1. The topological polar surface area (TPSA) is 647 Å². The highest BCUT2D eigenvalue weighted by atomic mass is 80.0. The molecule has 0 saturated carbocycles. The Morgan fingerprint density at radius 2 is 0.874 bits per heavy atom. The molecule has 5 rings (SSSR count). The average Bonchev–Trinajstić information content (AvgIpc) is 0.812. The molecule has 0 aliphatic carbocycles. The van der Waals surface area contributed by atoms with Crippen LogP contribution in [0.15, 0.2) is 110 Å². The Morgan fingerprint density at radius 3 is 1.22 bits per heavy atom. The van der Waals surface area contributed by atoms with Gasteiger partial charge in [0.15, 0.2) is 23.0 Å². The molecule has 0 saturated heterocycles. The molecule has 5 aromatic heterocycles. The molecule has 0 unspecified atom stereocenters. The third-order valence-electron chi connectivity index (χ3n) is 12.0. The number of methoxy groups -OCH3 is 4. The SMILES string of the molecule is CC(=O)O.CCOC(=O)C(=O)Cl.CCOC(=O)CN.CCOC(=O)CNC(=O)C(=O)NCC(OC)OC.CCOC(=O)CNC(=O)C(=O)OCC.CCOC(=O)Cn1cc[nH]c(=O)c1=O.CCOC(=O)Cn1ccnc(Br)c1=O.CCOC(=O)Cn1ccnc(NCC(F)(F)c2ccccn2)c1=O.COC(CN)OC.Cl.NCC(F)(F)c1ccccn1.O=P(Br)(Br)Br. The standard InChI is InChI=1S/C15H16F2N4O3.C10H18N2O6.C8H9BrN2O3.C8H10N2O4.C8H13NO5.C7H8F2N2.C4H5ClO3.C4H11NO2.C4H9NO2.C2H4O2.Br3OP.ClH/c1-2-24-12(22)9-21-8-7-19-13(14(21)23)20-10-15(16,17)11-5-3-4-6-18-11;1-4-18-7(13)5-11-9(14)10(15)12-6-8(16-2)17-3;1-2-14-6(12)5-11-4-3-10-7(9)8(11)13;1-2-14-6(11)5-10-4-3-9-7(12)8(10)13;1-3-13-6(10)5-9-7(11)8(12)14-4-2;8-7(9,5-10)6-3-1-2-4-11-6;1-2-8-4(7)3(5)6;1-6-4(3-5)7-2;1-2-7-4(6)3-5;1-2(3)4;1-5(2,3)4;/h3-8H,2,9-10H2,1H3,(H,19,20);8H,4-6H2,1-3H3,(H,11,14)(H,12,15);3-4H,2,5H2,1H3;3-4H,2,5H2,1H3,(H,9,12);3-5H2,1-2H3,(H,9,11);1-4H,5,10H2;2H2,1H3;4H,3,5H2,1-2H3;2-3,5H2,1H3;1H3,(H,3,4);;1H. The predicted molar refractivity (Wildman–Crippen MR) is 461 cm³/mol. The van der Waals surface area contributed by atoms with Crippen LogP contribution in [0.4, 0.5) is 23.4 Å². The molecule has 0 spiro atoms. The molecule has 720 valence electrons. The Morgan fingerprint density at radius 1 is 0.512 bits per heavy atom. The number of carbonyl (C=O) groups is 13. The summed E-state index contributed by atoms with van der Waals surface area (Å²) >= 11 is 16.0. The quantitative estimate of drug-likeness (QED) is 0.00554. The van der Waals surface area contributed by atoms with E-state index in [1.54, 1.807) is 75.7 Å². The maximum atomic E-state index is 14.0. The Bertz CT molecular complexity index is 4310. The number of esters is 8. The summed E-state index contributed by atoms with van der Waals surface area (Å²) in [6.07, 6.45) is 9.71. The van der Waals surface area contributed by atoms with Crippen LogP contribution in [0.25, 0.3) is 0 Å². The fraction of sp³-hybridized carbons (Fsp3) is 0.500. The van der Waals surface area contributed by atoms with E-state index in [0.717, 1.165) is 16.1 Å². The number of H-pyrrole nitrogens is 1. The number of hydrogen-bond donors (Lipinski definition) is 9. The molecule has 46 nitrogen and oxygen atoms in total. The van der Waals surface area contributed by atoms with Gasteiger partial charge < -0.3 is 110 Å². The van der Waals surface area contributed by atoms with Crippen molar-refractivity contribution >= 4 is 172 Å². The van der Waals surface area contributed by atoms with E-state index in [4.69, 9.17) is 67.1 Å². The van der Waals surface area contributed by atoms with Crippen molar-refractivity contribution in [3.05, 3.63) is 143 Å². The van der Waals surface area contributed by atoms with Crippen LogP contribution in [-0.4, -0.2) is 260 Å². The van der Waals surface area contributed by atoms with Gasteiger partial charge in [-0.1, -0.05) is 12.1 Å². The number of aliphatic carboxylic acids is 1. The number of amides is 3. The van der Waals surface area contributed by atoms with E-state index in [2.05, 4.69) is 137 Å². The number of carbonyl (C=O) groups excluding carboxylic acids is 12. The van der Waals surface area contributed by atoms with Gasteiger partial charge in [-0.05, 0) is 107 Å². The van der Waals surface area contributed by atoms with Gasteiger partial charge >= 0.3 is 93.7 Å². The largest absolute Gasteiger partial charge is 0.481 e. The van der Waals surface area contributed by atoms with Crippen molar-refractivity contribution in [3.63, 3.8) is 0 Å². The summed E-state index contributed by atoms with van der Waals surface area (Å²) in [5.41, 5.74) is 11.6. The van der Waals surface area contributed by atoms with Crippen LogP contribution >= 0.6 is 89.7 Å². The maximum absolute atomic E-state index is 14.0. The van der Waals surface area contributed by atoms with Crippen LogP contribution in [0.5, 0.6) is 0 Å². The first-order chi connectivity index (χ1) is 59.1. The fourth-order valence-corrected chi connectivity index (χ4v) is 7.10. The summed E-state index contributed by atoms with van der Waals surface area (Å²) < 4.78 is 120. The lowest BCUT2D eigenvalue weighted by molar-refractivity contribution is -0.155. The van der Waals surface area contributed by atoms with Crippen molar-refractivity contribution in [1.29, 1.82) is 0 Å². The van der Waals surface area contributed by atoms with E-state index < -0.39 is 128 Å². The Hall–Kier alpha value is -9.98. The molecule has 0 aliphatic heterocycles. The lowest BCUT2D eigenvalue weighted by Gasteiger charge is -2.16. The van der Waals surface area contributed by atoms with Crippen molar-refractivity contribution < 1.29 is 146 Å². The smallest absolute Gasteiger partial charge is 0.396 e. The van der Waals surface area contributed by atoms with Crippen molar-refractivity contribution in [2.75, 3.05) is 132 Å². The van der Waals surface area contributed by atoms with Crippen LogP contribution in [0, 0.1) is 0 Å². The normalized spacial score (nSPS) is 9.88. The number of halogens is 10. The Kier molecular flexibility index (Phi) is 81.4. The number of pyridine rings is 2. The minimum atomic E-state index is -3.28. The van der Waals surface area contributed by atoms with Gasteiger partial charge in [-0.15, -0.1) is 12.4 Å². The van der Waals surface area contributed by atoms with Gasteiger partial charge in [-0.2, -0.15) is 17.6 Å². The number of carboxylic acids is 1. The highest BCUT2D eigenvalue weighted by Crippen LogP contribution is 2.68. The number of nitrogens with one attached hydrogen (secondary N) is 5. The second-order valence-corrected chi connectivity index (χ2v) is 40.7. The summed E-state index contributed by atoms with van der Waals surface area (Å²) in [6.45, 7) is 13.7. The van der Waals surface area contributed by atoms with Crippen LogP contribution in [-0.2, 0) is 155 Å². The van der Waals surface area contributed by atoms with Crippen LogP contribution in [0.2, 0.25) is 0 Å². The van der Waals surface area contributed by atoms with Gasteiger partial charge in [0.05, 0.1) is 79.0 Å². The number of hydrogen-bond acceptors (Lipinski definition) is 38. The van der Waals surface area contributed by atoms with E-state index in [1.807, 2.05) is 0 Å². The zero-order chi connectivity index (χ0) is 98.0. The molecular weight excluding hydrogens is 2040 g/mol. The molecule has 0 aromatic carbocycles.